The van der Waals surface area contributed by atoms with E-state index in [0.717, 1.165) is 0 Å². The van der Waals surface area contributed by atoms with E-state index in [4.69, 9.17) is 11.5 Å². The minimum Gasteiger partial charge on any atom is -0.330 e. The maximum Gasteiger partial charge on any atom is 0.460 e. The van der Waals surface area contributed by atoms with Gasteiger partial charge in [0, 0.05) is 13.1 Å². The molecule has 4 N–H and O–H groups in total. The Bertz CT molecular complexity index is 193. The molecule has 8 nitrogen and oxygen atoms in total. The van der Waals surface area contributed by atoms with Gasteiger partial charge in [0.05, 0.1) is 9.85 Å². The molecule has 0 amide bonds. The van der Waals surface area contributed by atoms with Crippen LogP contribution in [0.5, 0.6) is 0 Å². The van der Waals surface area contributed by atoms with E-state index in [1.54, 1.807) is 0 Å². The van der Waals surface area contributed by atoms with Gasteiger partial charge in [-0.15, -0.1) is 24.8 Å². The van der Waals surface area contributed by atoms with Crippen molar-refractivity contribution in [1.82, 2.24) is 0 Å². The molecule has 0 aromatic heterocycles. The van der Waals surface area contributed by atoms with Gasteiger partial charge < -0.3 is 11.5 Å². The normalized spacial score (nSPS) is 9.73. The fourth-order valence-electron chi connectivity index (χ4n) is 1.02. The van der Waals surface area contributed by atoms with Gasteiger partial charge in [-0.3, -0.25) is 20.2 Å². The number of nitrogens with zero attached hydrogens (tertiary/aromatic N) is 2. The lowest BCUT2D eigenvalue weighted by molar-refractivity contribution is -0.798. The lowest BCUT2D eigenvalue weighted by Gasteiger charge is -2.15. The van der Waals surface area contributed by atoms with Crippen molar-refractivity contribution in [1.29, 1.82) is 0 Å². The molecule has 0 aromatic carbocycles. The predicted molar refractivity (Wildman–Crippen MR) is 58.6 cm³/mol. The van der Waals surface area contributed by atoms with Crippen molar-refractivity contribution in [3.8, 4) is 0 Å². The van der Waals surface area contributed by atoms with Gasteiger partial charge in [0.25, 0.3) is 0 Å². The van der Waals surface area contributed by atoms with Crippen molar-refractivity contribution in [2.45, 2.75) is 18.5 Å². The molecule has 92 valence electrons. The molecular formula is C5H14Cl2N4O4. The van der Waals surface area contributed by atoms with Gasteiger partial charge in [-0.05, 0) is 0 Å². The molecule has 15 heavy (non-hydrogen) atoms. The predicted octanol–water partition coefficient (Wildman–Crippen LogP) is -0.223. The first kappa shape index (κ1) is 19.8. The summed E-state index contributed by atoms with van der Waals surface area (Å²) in [7, 11) is 0. The van der Waals surface area contributed by atoms with Crippen LogP contribution in [0, 0.1) is 20.2 Å². The summed E-state index contributed by atoms with van der Waals surface area (Å²) in [6.07, 6.45) is -0.603. The molecule has 0 radical (unpaired) electrons. The average Bonchev–Trinajstić information content (AvgIpc) is 2.03. The van der Waals surface area contributed by atoms with Gasteiger partial charge in [-0.25, -0.2) is 0 Å². The highest BCUT2D eigenvalue weighted by atomic mass is 35.5. The summed E-state index contributed by atoms with van der Waals surface area (Å²) in [5.41, 5.74) is 7.94. The van der Waals surface area contributed by atoms with Crippen LogP contribution in [0.2, 0.25) is 0 Å². The largest absolute Gasteiger partial charge is 0.460 e. The maximum atomic E-state index is 10.5. The third-order valence-corrected chi connectivity index (χ3v) is 1.77. The zero-order valence-corrected chi connectivity index (χ0v) is 9.46. The Morgan fingerprint density at radius 3 is 1.33 bits per heavy atom. The summed E-state index contributed by atoms with van der Waals surface area (Å²) >= 11 is 0. The number of hydrogen-bond acceptors (Lipinski definition) is 6. The van der Waals surface area contributed by atoms with Gasteiger partial charge in [-0.1, -0.05) is 0 Å². The van der Waals surface area contributed by atoms with Crippen LogP contribution in [-0.4, -0.2) is 28.6 Å². The van der Waals surface area contributed by atoms with Gasteiger partial charge in [0.1, 0.15) is 12.8 Å². The number of nitro groups is 2. The van der Waals surface area contributed by atoms with E-state index >= 15 is 0 Å². The standard InChI is InChI=1S/C5H12N4O4.2ClH/c6-3-1-5(2-4-7,8(10)11)9(12)13;;/h1-4,6-7H2;2*1H. The fourth-order valence-corrected chi connectivity index (χ4v) is 1.02. The van der Waals surface area contributed by atoms with Crippen LogP contribution in [0.15, 0.2) is 0 Å². The summed E-state index contributed by atoms with van der Waals surface area (Å²) in [4.78, 5) is 19.1. The monoisotopic (exact) mass is 264 g/mol. The van der Waals surface area contributed by atoms with E-state index in [0.29, 0.717) is 0 Å². The fraction of sp³-hybridized carbons (Fsp3) is 1.00. The summed E-state index contributed by atoms with van der Waals surface area (Å²) < 4.78 is 0. The molecule has 0 unspecified atom stereocenters. The first-order valence-corrected chi connectivity index (χ1v) is 3.70. The quantitative estimate of drug-likeness (QED) is 0.386. The minimum absolute atomic E-state index is 0. The van der Waals surface area contributed by atoms with Crippen molar-refractivity contribution in [2.75, 3.05) is 13.1 Å². The van der Waals surface area contributed by atoms with Crippen molar-refractivity contribution in [2.24, 2.45) is 11.5 Å². The maximum absolute atomic E-state index is 10.5. The van der Waals surface area contributed by atoms with E-state index in [1.807, 2.05) is 0 Å². The molecule has 0 aromatic rings. The van der Waals surface area contributed by atoms with Gasteiger partial charge in [0.15, 0.2) is 0 Å². The lowest BCUT2D eigenvalue weighted by atomic mass is 10.0. The second-order valence-electron chi connectivity index (χ2n) is 2.57. The van der Waals surface area contributed by atoms with Gasteiger partial charge >= 0.3 is 5.66 Å². The molecule has 0 heterocycles. The molecule has 0 bridgehead atoms. The van der Waals surface area contributed by atoms with Crippen LogP contribution in [0.1, 0.15) is 12.8 Å². The Morgan fingerprint density at radius 2 is 1.20 bits per heavy atom. The number of halogens is 2. The third kappa shape index (κ3) is 4.56. The number of rotatable bonds is 6. The molecular weight excluding hydrogens is 251 g/mol. The smallest absolute Gasteiger partial charge is 0.330 e. The van der Waals surface area contributed by atoms with Crippen LogP contribution in [0.4, 0.5) is 0 Å². The highest BCUT2D eigenvalue weighted by Gasteiger charge is 2.54. The zero-order valence-electron chi connectivity index (χ0n) is 7.83. The van der Waals surface area contributed by atoms with E-state index in [1.165, 1.54) is 0 Å². The van der Waals surface area contributed by atoms with E-state index in [-0.39, 0.29) is 50.7 Å². The second-order valence-corrected chi connectivity index (χ2v) is 2.57. The van der Waals surface area contributed by atoms with E-state index in [9.17, 15) is 20.2 Å². The second kappa shape index (κ2) is 8.60. The minimum atomic E-state index is -2.20. The highest BCUT2D eigenvalue weighted by molar-refractivity contribution is 5.85. The Labute approximate surface area is 98.5 Å². The molecule has 0 spiro atoms. The number of nitrogens with two attached hydrogens (primary N) is 2. The molecule has 0 aliphatic rings. The third-order valence-electron chi connectivity index (χ3n) is 1.77. The Kier molecular flexibility index (Phi) is 11.4. The SMILES string of the molecule is Cl.Cl.NCCC(CCN)([N+](=O)[O-])[N+](=O)[O-]. The molecule has 0 rings (SSSR count). The molecule has 0 saturated heterocycles. The molecule has 10 heteroatoms. The Morgan fingerprint density at radius 1 is 0.933 bits per heavy atom. The molecule has 0 aliphatic carbocycles. The van der Waals surface area contributed by atoms with Crippen molar-refractivity contribution in [3.05, 3.63) is 20.2 Å². The molecule has 0 fully saturated rings. The van der Waals surface area contributed by atoms with E-state index in [2.05, 4.69) is 0 Å². The van der Waals surface area contributed by atoms with Crippen molar-refractivity contribution in [3.63, 3.8) is 0 Å². The van der Waals surface area contributed by atoms with Crippen LogP contribution < -0.4 is 11.5 Å². The summed E-state index contributed by atoms with van der Waals surface area (Å²) in [6, 6.07) is 0. The Hall–Kier alpha value is -0.700. The highest BCUT2D eigenvalue weighted by Crippen LogP contribution is 2.19. The summed E-state index contributed by atoms with van der Waals surface area (Å²) in [5.74, 6) is 0. The number of hydrogen-bond donors (Lipinski definition) is 2. The first-order chi connectivity index (χ1) is 6.01. The Balaban J connectivity index is -0.000000720. The van der Waals surface area contributed by atoms with Gasteiger partial charge in [-0.2, -0.15) is 0 Å². The topological polar surface area (TPSA) is 138 Å². The van der Waals surface area contributed by atoms with Crippen LogP contribution >= 0.6 is 24.8 Å². The van der Waals surface area contributed by atoms with Crippen molar-refractivity contribution < 1.29 is 9.85 Å². The molecule has 0 atom stereocenters. The molecule has 0 aliphatic heterocycles. The summed E-state index contributed by atoms with van der Waals surface area (Å²) in [5, 5.41) is 21.0. The van der Waals surface area contributed by atoms with Crippen LogP contribution in [-0.2, 0) is 0 Å². The van der Waals surface area contributed by atoms with E-state index < -0.39 is 15.5 Å². The van der Waals surface area contributed by atoms with Crippen molar-refractivity contribution >= 4 is 24.8 Å². The first-order valence-electron chi connectivity index (χ1n) is 3.70. The van der Waals surface area contributed by atoms with Crippen LogP contribution in [0.3, 0.4) is 0 Å². The molecule has 0 saturated carbocycles. The average molecular weight is 265 g/mol. The van der Waals surface area contributed by atoms with Gasteiger partial charge in [0.2, 0.25) is 0 Å². The zero-order chi connectivity index (χ0) is 10.5. The van der Waals surface area contributed by atoms with Crippen LogP contribution in [0.25, 0.3) is 0 Å². The lowest BCUT2D eigenvalue weighted by Crippen LogP contribution is -2.49. The summed E-state index contributed by atoms with van der Waals surface area (Å²) in [6.45, 7) is -0.218.